The van der Waals surface area contributed by atoms with Gasteiger partial charge in [-0.1, -0.05) is 6.07 Å². The van der Waals surface area contributed by atoms with Gasteiger partial charge in [0.05, 0.1) is 0 Å². The molecule has 1 aromatic rings. The van der Waals surface area contributed by atoms with Crippen molar-refractivity contribution in [1.82, 2.24) is 15.2 Å². The number of aromatic nitrogens is 1. The van der Waals surface area contributed by atoms with Gasteiger partial charge in [0.2, 0.25) is 0 Å². The Morgan fingerprint density at radius 3 is 3.12 bits per heavy atom. The minimum absolute atomic E-state index is 0.00528. The SMILES string of the molecule is CN(CC1CCCN1)C(=O)c1ccccn1. The molecule has 1 aliphatic rings. The number of likely N-dealkylation sites (N-methyl/N-ethyl adjacent to an activating group) is 1. The Morgan fingerprint density at radius 1 is 1.62 bits per heavy atom. The first-order valence-electron chi connectivity index (χ1n) is 5.67. The van der Waals surface area contributed by atoms with Crippen molar-refractivity contribution in [2.24, 2.45) is 0 Å². The maximum absolute atomic E-state index is 12.0. The molecular weight excluding hydrogens is 202 g/mol. The number of amides is 1. The zero-order valence-electron chi connectivity index (χ0n) is 9.52. The Bertz CT molecular complexity index is 347. The smallest absolute Gasteiger partial charge is 0.272 e. The quantitative estimate of drug-likeness (QED) is 0.821. The van der Waals surface area contributed by atoms with Crippen molar-refractivity contribution in [3.63, 3.8) is 0 Å². The van der Waals surface area contributed by atoms with Crippen LogP contribution in [0.25, 0.3) is 0 Å². The first-order valence-corrected chi connectivity index (χ1v) is 5.67. The largest absolute Gasteiger partial charge is 0.339 e. The van der Waals surface area contributed by atoms with Gasteiger partial charge in [0, 0.05) is 25.8 Å². The summed E-state index contributed by atoms with van der Waals surface area (Å²) < 4.78 is 0. The van der Waals surface area contributed by atoms with Crippen LogP contribution in [0, 0.1) is 0 Å². The summed E-state index contributed by atoms with van der Waals surface area (Å²) in [6, 6.07) is 5.84. The van der Waals surface area contributed by atoms with Gasteiger partial charge in [0.25, 0.3) is 5.91 Å². The van der Waals surface area contributed by atoms with Gasteiger partial charge in [-0.3, -0.25) is 9.78 Å². The lowest BCUT2D eigenvalue weighted by molar-refractivity contribution is 0.0778. The highest BCUT2D eigenvalue weighted by molar-refractivity contribution is 5.92. The van der Waals surface area contributed by atoms with E-state index in [9.17, 15) is 4.79 Å². The van der Waals surface area contributed by atoms with Crippen LogP contribution in [-0.2, 0) is 0 Å². The second kappa shape index (κ2) is 5.07. The predicted octanol–water partition coefficient (Wildman–Crippen LogP) is 0.906. The molecule has 0 aromatic carbocycles. The van der Waals surface area contributed by atoms with Gasteiger partial charge in [-0.05, 0) is 31.5 Å². The normalized spacial score (nSPS) is 19.7. The predicted molar refractivity (Wildman–Crippen MR) is 62.2 cm³/mol. The number of carbonyl (C=O) groups excluding carboxylic acids is 1. The van der Waals surface area contributed by atoms with Crippen molar-refractivity contribution < 1.29 is 4.79 Å². The molecule has 86 valence electrons. The molecule has 1 saturated heterocycles. The van der Waals surface area contributed by atoms with Gasteiger partial charge in [-0.15, -0.1) is 0 Å². The third-order valence-corrected chi connectivity index (χ3v) is 2.89. The maximum Gasteiger partial charge on any atom is 0.272 e. The number of pyridine rings is 1. The van der Waals surface area contributed by atoms with Gasteiger partial charge >= 0.3 is 0 Å². The fourth-order valence-corrected chi connectivity index (χ4v) is 2.01. The average Bonchev–Trinajstić information content (AvgIpc) is 2.82. The van der Waals surface area contributed by atoms with E-state index in [1.165, 1.54) is 6.42 Å². The van der Waals surface area contributed by atoms with E-state index in [2.05, 4.69) is 10.3 Å². The van der Waals surface area contributed by atoms with Crippen molar-refractivity contribution in [3.05, 3.63) is 30.1 Å². The van der Waals surface area contributed by atoms with E-state index in [0.29, 0.717) is 11.7 Å². The highest BCUT2D eigenvalue weighted by Crippen LogP contribution is 2.07. The number of hydrogen-bond acceptors (Lipinski definition) is 3. The first-order chi connectivity index (χ1) is 7.77. The summed E-state index contributed by atoms with van der Waals surface area (Å²) in [6.07, 6.45) is 4.00. The van der Waals surface area contributed by atoms with Crippen LogP contribution in [0.4, 0.5) is 0 Å². The number of nitrogens with one attached hydrogen (secondary N) is 1. The summed E-state index contributed by atoms with van der Waals surface area (Å²) in [5.41, 5.74) is 0.517. The van der Waals surface area contributed by atoms with Gasteiger partial charge in [0.1, 0.15) is 5.69 Å². The zero-order chi connectivity index (χ0) is 11.4. The number of carbonyl (C=O) groups is 1. The maximum atomic E-state index is 12.0. The molecule has 0 spiro atoms. The molecule has 1 aromatic heterocycles. The number of nitrogens with zero attached hydrogens (tertiary/aromatic N) is 2. The molecule has 1 unspecified atom stereocenters. The van der Waals surface area contributed by atoms with Crippen LogP contribution in [0.3, 0.4) is 0 Å². The van der Waals surface area contributed by atoms with E-state index >= 15 is 0 Å². The molecule has 0 saturated carbocycles. The van der Waals surface area contributed by atoms with Gasteiger partial charge in [-0.25, -0.2) is 0 Å². The molecule has 0 radical (unpaired) electrons. The van der Waals surface area contributed by atoms with Crippen LogP contribution < -0.4 is 5.32 Å². The molecule has 16 heavy (non-hydrogen) atoms. The molecular formula is C12H17N3O. The summed E-state index contributed by atoms with van der Waals surface area (Å²) in [4.78, 5) is 17.8. The number of rotatable bonds is 3. The van der Waals surface area contributed by atoms with Crippen molar-refractivity contribution in [2.45, 2.75) is 18.9 Å². The van der Waals surface area contributed by atoms with Crippen LogP contribution in [0.15, 0.2) is 24.4 Å². The fraction of sp³-hybridized carbons (Fsp3) is 0.500. The Hall–Kier alpha value is -1.42. The van der Waals surface area contributed by atoms with Crippen molar-refractivity contribution in [3.8, 4) is 0 Å². The molecule has 0 aliphatic carbocycles. The van der Waals surface area contributed by atoms with Crippen molar-refractivity contribution in [1.29, 1.82) is 0 Å². The van der Waals surface area contributed by atoms with E-state index in [0.717, 1.165) is 19.5 Å². The van der Waals surface area contributed by atoms with E-state index in [1.54, 1.807) is 17.2 Å². The average molecular weight is 219 g/mol. The summed E-state index contributed by atoms with van der Waals surface area (Å²) in [5, 5.41) is 3.38. The second-order valence-corrected chi connectivity index (χ2v) is 4.19. The van der Waals surface area contributed by atoms with Gasteiger partial charge in [-0.2, -0.15) is 0 Å². The first kappa shape index (κ1) is 11.1. The Kier molecular flexibility index (Phi) is 3.51. The second-order valence-electron chi connectivity index (χ2n) is 4.19. The van der Waals surface area contributed by atoms with E-state index in [4.69, 9.17) is 0 Å². The third-order valence-electron chi connectivity index (χ3n) is 2.89. The summed E-state index contributed by atoms with van der Waals surface area (Å²) >= 11 is 0. The summed E-state index contributed by atoms with van der Waals surface area (Å²) in [6.45, 7) is 1.83. The molecule has 1 atom stereocenters. The molecule has 0 bridgehead atoms. The van der Waals surface area contributed by atoms with E-state index < -0.39 is 0 Å². The molecule has 1 N–H and O–H groups in total. The monoisotopic (exact) mass is 219 g/mol. The molecule has 1 fully saturated rings. The molecule has 1 amide bonds. The molecule has 4 heteroatoms. The lowest BCUT2D eigenvalue weighted by Crippen LogP contribution is -2.38. The minimum Gasteiger partial charge on any atom is -0.339 e. The van der Waals surface area contributed by atoms with Gasteiger partial charge in [0.15, 0.2) is 0 Å². The van der Waals surface area contributed by atoms with Crippen LogP contribution in [0.1, 0.15) is 23.3 Å². The fourth-order valence-electron chi connectivity index (χ4n) is 2.01. The van der Waals surface area contributed by atoms with Crippen LogP contribution in [0.2, 0.25) is 0 Å². The Balaban J connectivity index is 1.94. The lowest BCUT2D eigenvalue weighted by atomic mass is 10.2. The summed E-state index contributed by atoms with van der Waals surface area (Å²) in [5.74, 6) is -0.00528. The van der Waals surface area contributed by atoms with Crippen LogP contribution >= 0.6 is 0 Å². The minimum atomic E-state index is -0.00528. The Morgan fingerprint density at radius 2 is 2.50 bits per heavy atom. The zero-order valence-corrected chi connectivity index (χ0v) is 9.52. The standard InChI is InChI=1S/C12H17N3O/c1-15(9-10-5-4-8-13-10)12(16)11-6-2-3-7-14-11/h2-3,6-7,10,13H,4-5,8-9H2,1H3. The molecule has 2 rings (SSSR count). The summed E-state index contributed by atoms with van der Waals surface area (Å²) in [7, 11) is 1.83. The molecule has 4 nitrogen and oxygen atoms in total. The third kappa shape index (κ3) is 2.58. The van der Waals surface area contributed by atoms with Crippen LogP contribution in [0.5, 0.6) is 0 Å². The lowest BCUT2D eigenvalue weighted by Gasteiger charge is -2.20. The number of hydrogen-bond donors (Lipinski definition) is 1. The topological polar surface area (TPSA) is 45.2 Å². The molecule has 2 heterocycles. The van der Waals surface area contributed by atoms with E-state index in [-0.39, 0.29) is 5.91 Å². The highest BCUT2D eigenvalue weighted by atomic mass is 16.2. The van der Waals surface area contributed by atoms with Crippen molar-refractivity contribution >= 4 is 5.91 Å². The van der Waals surface area contributed by atoms with Crippen LogP contribution in [-0.4, -0.2) is 42.0 Å². The Labute approximate surface area is 95.7 Å². The van der Waals surface area contributed by atoms with Crippen molar-refractivity contribution in [2.75, 3.05) is 20.1 Å². The van der Waals surface area contributed by atoms with Gasteiger partial charge < -0.3 is 10.2 Å². The highest BCUT2D eigenvalue weighted by Gasteiger charge is 2.19. The van der Waals surface area contributed by atoms with E-state index in [1.807, 2.05) is 19.2 Å². The molecule has 1 aliphatic heterocycles.